The number of carbonyl (C=O) groups excluding carboxylic acids is 1. The molecule has 2 heterocycles. The number of amides is 1. The minimum absolute atomic E-state index is 0.0535. The van der Waals surface area contributed by atoms with Crippen LogP contribution in [0.25, 0.3) is 0 Å². The third kappa shape index (κ3) is 5.69. The SMILES string of the molecule is C[PH+]1N=C(C2=C(O)[C@H](C(C)(C)C)N(CCC(C)(C)C)C2=O)Nc2ccc(NS(C)(=O)=O)cc21. The monoisotopic (exact) mass is 495 g/mol. The fourth-order valence-electron chi connectivity index (χ4n) is 4.17. The van der Waals surface area contributed by atoms with E-state index < -0.39 is 24.1 Å². The molecule has 0 saturated carbocycles. The first kappa shape index (κ1) is 25.5. The molecule has 0 aliphatic carbocycles. The van der Waals surface area contributed by atoms with Gasteiger partial charge in [-0.3, -0.25) is 9.52 Å². The van der Waals surface area contributed by atoms with Crippen molar-refractivity contribution in [3.05, 3.63) is 29.5 Å². The summed E-state index contributed by atoms with van der Waals surface area (Å²) in [7, 11) is -4.88. The van der Waals surface area contributed by atoms with Crippen molar-refractivity contribution in [3.63, 3.8) is 0 Å². The number of anilines is 2. The van der Waals surface area contributed by atoms with Gasteiger partial charge in [-0.1, -0.05) is 41.5 Å². The second-order valence-electron chi connectivity index (χ2n) is 11.1. The zero-order valence-corrected chi connectivity index (χ0v) is 22.5. The summed E-state index contributed by atoms with van der Waals surface area (Å²) in [5.74, 6) is 0.232. The van der Waals surface area contributed by atoms with Crippen LogP contribution in [0.15, 0.2) is 34.3 Å². The first-order valence-corrected chi connectivity index (χ1v) is 14.9. The second kappa shape index (κ2) is 8.58. The van der Waals surface area contributed by atoms with Gasteiger partial charge in [0.2, 0.25) is 10.0 Å². The van der Waals surface area contributed by atoms with E-state index in [0.717, 1.165) is 23.7 Å². The fourth-order valence-corrected chi connectivity index (χ4v) is 6.25. The first-order valence-electron chi connectivity index (χ1n) is 11.0. The van der Waals surface area contributed by atoms with E-state index in [9.17, 15) is 18.3 Å². The smallest absolute Gasteiger partial charge is 0.261 e. The van der Waals surface area contributed by atoms with Crippen molar-refractivity contribution in [1.82, 2.24) is 4.90 Å². The molecule has 0 aromatic heterocycles. The molecule has 1 unspecified atom stereocenters. The molecule has 2 atom stereocenters. The Hall–Kier alpha value is -2.12. The molecule has 182 valence electrons. The van der Waals surface area contributed by atoms with Crippen LogP contribution in [0.5, 0.6) is 0 Å². The van der Waals surface area contributed by atoms with Crippen LogP contribution in [0, 0.1) is 10.8 Å². The molecular weight excluding hydrogens is 459 g/mol. The predicted octanol–water partition coefficient (Wildman–Crippen LogP) is 3.77. The van der Waals surface area contributed by atoms with Crippen molar-refractivity contribution in [2.45, 2.75) is 54.0 Å². The Balaban J connectivity index is 1.96. The highest BCUT2D eigenvalue weighted by molar-refractivity contribution is 7.92. The third-order valence-corrected chi connectivity index (χ3v) is 8.07. The van der Waals surface area contributed by atoms with Crippen LogP contribution in [0.4, 0.5) is 11.4 Å². The molecule has 3 N–H and O–H groups in total. The molecule has 0 saturated heterocycles. The van der Waals surface area contributed by atoms with E-state index >= 15 is 0 Å². The van der Waals surface area contributed by atoms with Gasteiger partial charge >= 0.3 is 0 Å². The topological polar surface area (TPSA) is 111 Å². The lowest BCUT2D eigenvalue weighted by Crippen LogP contribution is -2.45. The Morgan fingerprint density at radius 3 is 2.39 bits per heavy atom. The largest absolute Gasteiger partial charge is 0.509 e. The Bertz CT molecular complexity index is 1130. The highest BCUT2D eigenvalue weighted by Gasteiger charge is 2.48. The minimum atomic E-state index is -3.39. The number of amidine groups is 1. The average molecular weight is 496 g/mol. The number of aliphatic hydroxyl groups excluding tert-OH is 1. The van der Waals surface area contributed by atoms with Crippen LogP contribution >= 0.6 is 8.07 Å². The lowest BCUT2D eigenvalue weighted by molar-refractivity contribution is -0.128. The van der Waals surface area contributed by atoms with E-state index in [1.807, 2.05) is 27.4 Å². The van der Waals surface area contributed by atoms with E-state index in [-0.39, 0.29) is 28.1 Å². The maximum Gasteiger partial charge on any atom is 0.261 e. The summed E-state index contributed by atoms with van der Waals surface area (Å²) < 4.78 is 30.4. The summed E-state index contributed by atoms with van der Waals surface area (Å²) in [5, 5.41) is 15.4. The van der Waals surface area contributed by atoms with Crippen molar-refractivity contribution in [2.24, 2.45) is 15.6 Å². The number of fused-ring (bicyclic) bond motifs is 1. The van der Waals surface area contributed by atoms with Gasteiger partial charge in [-0.2, -0.15) is 0 Å². The summed E-state index contributed by atoms with van der Waals surface area (Å²) >= 11 is 0. The summed E-state index contributed by atoms with van der Waals surface area (Å²) in [5.41, 5.74) is 1.18. The van der Waals surface area contributed by atoms with Crippen LogP contribution in [0.1, 0.15) is 48.0 Å². The van der Waals surface area contributed by atoms with Gasteiger partial charge in [-0.25, -0.2) is 8.42 Å². The maximum absolute atomic E-state index is 13.5. The average Bonchev–Trinajstić information content (AvgIpc) is 2.88. The van der Waals surface area contributed by atoms with Crippen molar-refractivity contribution in [2.75, 3.05) is 29.5 Å². The molecule has 10 heteroatoms. The molecular formula is C23H36N4O4PS+. The molecule has 8 nitrogen and oxygen atoms in total. The Morgan fingerprint density at radius 2 is 1.85 bits per heavy atom. The number of hydrogen-bond acceptors (Lipinski definition) is 6. The Morgan fingerprint density at radius 1 is 1.21 bits per heavy atom. The predicted molar refractivity (Wildman–Crippen MR) is 139 cm³/mol. The Labute approximate surface area is 198 Å². The quantitative estimate of drug-likeness (QED) is 0.539. The van der Waals surface area contributed by atoms with Gasteiger partial charge in [-0.05, 0) is 29.4 Å². The van der Waals surface area contributed by atoms with E-state index in [4.69, 9.17) is 4.76 Å². The summed E-state index contributed by atoms with van der Waals surface area (Å²) in [6.07, 6.45) is 1.92. The van der Waals surface area contributed by atoms with Crippen LogP contribution in [0.3, 0.4) is 0 Å². The number of carbonyl (C=O) groups is 1. The van der Waals surface area contributed by atoms with Gasteiger partial charge in [-0.15, -0.1) is 4.76 Å². The van der Waals surface area contributed by atoms with E-state index in [0.29, 0.717) is 18.1 Å². The molecule has 0 bridgehead atoms. The van der Waals surface area contributed by atoms with Crippen LogP contribution < -0.4 is 15.3 Å². The molecule has 2 aliphatic rings. The molecule has 1 aromatic carbocycles. The summed E-state index contributed by atoms with van der Waals surface area (Å²) in [6.45, 7) is 15.0. The molecule has 0 fully saturated rings. The van der Waals surface area contributed by atoms with Crippen molar-refractivity contribution in [3.8, 4) is 0 Å². The molecule has 1 aromatic rings. The fraction of sp³-hybridized carbons (Fsp3) is 0.565. The maximum atomic E-state index is 13.5. The molecule has 1 amide bonds. The highest BCUT2D eigenvalue weighted by atomic mass is 32.2. The normalized spacial score (nSPS) is 21.6. The van der Waals surface area contributed by atoms with Crippen molar-refractivity contribution in [1.29, 1.82) is 0 Å². The van der Waals surface area contributed by atoms with Crippen molar-refractivity contribution < 1.29 is 18.3 Å². The summed E-state index contributed by atoms with van der Waals surface area (Å²) in [6, 6.07) is 4.79. The number of rotatable bonds is 5. The first-order chi connectivity index (χ1) is 15.0. The van der Waals surface area contributed by atoms with Crippen LogP contribution in [-0.4, -0.2) is 55.7 Å². The van der Waals surface area contributed by atoms with E-state index in [1.165, 1.54) is 0 Å². The second-order valence-corrected chi connectivity index (χ2v) is 14.8. The molecule has 33 heavy (non-hydrogen) atoms. The summed E-state index contributed by atoms with van der Waals surface area (Å²) in [4.78, 5) is 15.3. The van der Waals surface area contributed by atoms with E-state index in [2.05, 4.69) is 30.8 Å². The third-order valence-electron chi connectivity index (χ3n) is 5.71. The zero-order chi connectivity index (χ0) is 24.9. The van der Waals surface area contributed by atoms with Gasteiger partial charge in [0.05, 0.1) is 30.3 Å². The number of hydrogen-bond donors (Lipinski definition) is 3. The zero-order valence-electron chi connectivity index (χ0n) is 20.7. The number of sulfonamides is 1. The number of aliphatic hydroxyl groups is 1. The minimum Gasteiger partial charge on any atom is -0.509 e. The molecule has 0 radical (unpaired) electrons. The molecule has 0 spiro atoms. The molecule has 3 rings (SSSR count). The highest BCUT2D eigenvalue weighted by Crippen LogP contribution is 2.43. The molecule has 2 aliphatic heterocycles. The van der Waals surface area contributed by atoms with Gasteiger partial charge in [0.15, 0.2) is 13.9 Å². The van der Waals surface area contributed by atoms with Gasteiger partial charge in [0.1, 0.15) is 16.6 Å². The lowest BCUT2D eigenvalue weighted by atomic mass is 9.84. The van der Waals surface area contributed by atoms with Crippen molar-refractivity contribution >= 4 is 46.5 Å². The van der Waals surface area contributed by atoms with Gasteiger partial charge in [0, 0.05) is 12.6 Å². The van der Waals surface area contributed by atoms with Crippen LogP contribution in [-0.2, 0) is 14.8 Å². The number of benzene rings is 1. The van der Waals surface area contributed by atoms with Gasteiger partial charge < -0.3 is 15.3 Å². The van der Waals surface area contributed by atoms with E-state index in [1.54, 1.807) is 23.1 Å². The van der Waals surface area contributed by atoms with Gasteiger partial charge in [0.25, 0.3) is 5.91 Å². The Kier molecular flexibility index (Phi) is 6.63. The lowest BCUT2D eigenvalue weighted by Gasteiger charge is -2.36. The number of nitrogens with zero attached hydrogens (tertiary/aromatic N) is 2. The van der Waals surface area contributed by atoms with Crippen LogP contribution in [0.2, 0.25) is 0 Å². The number of nitrogens with one attached hydrogen (secondary N) is 2. The standard InChI is InChI=1S/C23H35N4O4PS/c1-22(2,3)11-12-27-19(23(4,5)6)18(28)17(21(27)29)20-24-15-10-9-14(26-33(8,30)31)13-16(15)32(7)25-20/h9-10,13,19,26,28H,11-12H2,1-8H3,(H,24,25)/p+1/t19-,32?/m1/s1.